The van der Waals surface area contributed by atoms with Crippen molar-refractivity contribution in [2.45, 2.75) is 25.2 Å². The van der Waals surface area contributed by atoms with Crippen molar-refractivity contribution in [3.8, 4) is 5.75 Å². The minimum atomic E-state index is -1.26. The average molecular weight is 347 g/mol. The molecule has 8 nitrogen and oxygen atoms in total. The summed E-state index contributed by atoms with van der Waals surface area (Å²) < 4.78 is 5.03. The first-order chi connectivity index (χ1) is 12.0. The Bertz CT molecular complexity index is 696. The molecular formula is C17H21N3O5. The molecular weight excluding hydrogens is 326 g/mol. The first-order valence-electron chi connectivity index (χ1n) is 7.72. The molecule has 2 atom stereocenters. The maximum atomic E-state index is 11.6. The molecule has 0 fully saturated rings. The van der Waals surface area contributed by atoms with Gasteiger partial charge in [-0.1, -0.05) is 30.3 Å². The van der Waals surface area contributed by atoms with Crippen LogP contribution in [0.3, 0.4) is 0 Å². The highest BCUT2D eigenvalue weighted by Gasteiger charge is 2.20. The van der Waals surface area contributed by atoms with Gasteiger partial charge in [-0.05, 0) is 18.1 Å². The van der Waals surface area contributed by atoms with Crippen LogP contribution in [0.25, 0.3) is 0 Å². The van der Waals surface area contributed by atoms with Crippen LogP contribution < -0.4 is 11.1 Å². The summed E-state index contributed by atoms with van der Waals surface area (Å²) in [6.07, 6.45) is -1.67. The topological polar surface area (TPSA) is 138 Å². The third-order valence-electron chi connectivity index (χ3n) is 3.55. The maximum Gasteiger partial charge on any atom is 0.407 e. The van der Waals surface area contributed by atoms with Gasteiger partial charge in [-0.15, -0.1) is 0 Å². The van der Waals surface area contributed by atoms with Gasteiger partial charge in [-0.3, -0.25) is 0 Å². The van der Waals surface area contributed by atoms with Gasteiger partial charge in [0.1, 0.15) is 12.7 Å². The number of ether oxygens (including phenoxy) is 1. The van der Waals surface area contributed by atoms with Crippen molar-refractivity contribution in [1.82, 2.24) is 10.3 Å². The summed E-state index contributed by atoms with van der Waals surface area (Å²) in [6, 6.07) is 10.5. The number of benzene rings is 1. The molecule has 6 N–H and O–H groups in total. The Kier molecular flexibility index (Phi) is 6.55. The fourth-order valence-electron chi connectivity index (χ4n) is 2.12. The van der Waals surface area contributed by atoms with E-state index in [-0.39, 0.29) is 36.7 Å². The van der Waals surface area contributed by atoms with Crippen LogP contribution in [0.1, 0.15) is 23.7 Å². The molecule has 0 aliphatic carbocycles. The monoisotopic (exact) mass is 347 g/mol. The number of nitrogen functional groups attached to an aromatic ring is 1. The molecule has 25 heavy (non-hydrogen) atoms. The van der Waals surface area contributed by atoms with Crippen LogP contribution in [0.4, 0.5) is 10.6 Å². The van der Waals surface area contributed by atoms with E-state index < -0.39 is 18.3 Å². The van der Waals surface area contributed by atoms with Crippen LogP contribution in [-0.2, 0) is 11.3 Å². The molecule has 0 spiro atoms. The quantitative estimate of drug-likeness (QED) is 0.505. The minimum Gasteiger partial charge on any atom is -0.504 e. The largest absolute Gasteiger partial charge is 0.504 e. The summed E-state index contributed by atoms with van der Waals surface area (Å²) in [5.41, 5.74) is 6.47. The standard InChI is InChI=1S/C17H21N3O5/c18-16-14(22)8-12(9-20-16)15(23)13(21)6-7-19-17(24)25-10-11-4-2-1-3-5-11/h1-5,8-9,13,15,21-23H,6-7,10H2,(H2,18,20)(H,19,24). The van der Waals surface area contributed by atoms with E-state index in [0.29, 0.717) is 0 Å². The second-order valence-corrected chi connectivity index (χ2v) is 5.46. The van der Waals surface area contributed by atoms with Crippen LogP contribution in [0.2, 0.25) is 0 Å². The molecule has 1 heterocycles. The van der Waals surface area contributed by atoms with E-state index in [1.54, 1.807) is 0 Å². The van der Waals surface area contributed by atoms with Gasteiger partial charge in [-0.25, -0.2) is 9.78 Å². The third kappa shape index (κ3) is 5.63. The minimum absolute atomic E-state index is 0.0618. The number of nitrogens with zero attached hydrogens (tertiary/aromatic N) is 1. The van der Waals surface area contributed by atoms with Crippen molar-refractivity contribution in [3.05, 3.63) is 53.7 Å². The number of carbonyl (C=O) groups excluding carboxylic acids is 1. The van der Waals surface area contributed by atoms with Crippen LogP contribution in [0.15, 0.2) is 42.6 Å². The fraction of sp³-hybridized carbons (Fsp3) is 0.294. The Morgan fingerprint density at radius 2 is 2.00 bits per heavy atom. The van der Waals surface area contributed by atoms with Gasteiger partial charge in [0.2, 0.25) is 0 Å². The normalized spacial score (nSPS) is 13.0. The number of aliphatic hydroxyl groups excluding tert-OH is 2. The lowest BCUT2D eigenvalue weighted by Crippen LogP contribution is -2.29. The van der Waals surface area contributed by atoms with Gasteiger partial charge in [0.25, 0.3) is 0 Å². The first kappa shape index (κ1) is 18.5. The van der Waals surface area contributed by atoms with E-state index in [1.807, 2.05) is 30.3 Å². The highest BCUT2D eigenvalue weighted by molar-refractivity contribution is 5.67. The molecule has 8 heteroatoms. The molecule has 0 saturated heterocycles. The van der Waals surface area contributed by atoms with E-state index >= 15 is 0 Å². The molecule has 2 rings (SSSR count). The predicted molar refractivity (Wildman–Crippen MR) is 90.5 cm³/mol. The molecule has 2 unspecified atom stereocenters. The lowest BCUT2D eigenvalue weighted by Gasteiger charge is -2.18. The first-order valence-corrected chi connectivity index (χ1v) is 7.72. The average Bonchev–Trinajstić information content (AvgIpc) is 2.62. The number of alkyl carbamates (subject to hydrolysis) is 1. The van der Waals surface area contributed by atoms with E-state index in [4.69, 9.17) is 10.5 Å². The number of hydrogen-bond donors (Lipinski definition) is 5. The number of carbonyl (C=O) groups is 1. The van der Waals surface area contributed by atoms with Gasteiger partial charge in [0.05, 0.1) is 6.10 Å². The zero-order valence-corrected chi connectivity index (χ0v) is 13.5. The molecule has 0 bridgehead atoms. The number of anilines is 1. The van der Waals surface area contributed by atoms with Crippen molar-refractivity contribution in [2.24, 2.45) is 0 Å². The number of aliphatic hydroxyl groups is 2. The summed E-state index contributed by atoms with van der Waals surface area (Å²) in [7, 11) is 0. The maximum absolute atomic E-state index is 11.6. The summed E-state index contributed by atoms with van der Waals surface area (Å²) in [6.45, 7) is 0.258. The smallest absolute Gasteiger partial charge is 0.407 e. The molecule has 134 valence electrons. The van der Waals surface area contributed by atoms with E-state index in [0.717, 1.165) is 5.56 Å². The number of nitrogens with two attached hydrogens (primary N) is 1. The van der Waals surface area contributed by atoms with Gasteiger partial charge < -0.3 is 31.1 Å². The molecule has 0 aliphatic heterocycles. The van der Waals surface area contributed by atoms with E-state index in [2.05, 4.69) is 10.3 Å². The van der Waals surface area contributed by atoms with Crippen LogP contribution in [0, 0.1) is 0 Å². The van der Waals surface area contributed by atoms with Gasteiger partial charge in [-0.2, -0.15) is 0 Å². The highest BCUT2D eigenvalue weighted by Crippen LogP contribution is 2.24. The van der Waals surface area contributed by atoms with Crippen molar-refractivity contribution in [3.63, 3.8) is 0 Å². The summed E-state index contributed by atoms with van der Waals surface area (Å²) in [5.74, 6) is -0.334. The number of pyridine rings is 1. The van der Waals surface area contributed by atoms with Crippen LogP contribution in [-0.4, -0.2) is 39.0 Å². The zero-order chi connectivity index (χ0) is 18.2. The number of rotatable bonds is 7. The lowest BCUT2D eigenvalue weighted by molar-refractivity contribution is 0.0133. The van der Waals surface area contributed by atoms with Crippen LogP contribution >= 0.6 is 0 Å². The van der Waals surface area contributed by atoms with Crippen molar-refractivity contribution in [2.75, 3.05) is 12.3 Å². The summed E-state index contributed by atoms with van der Waals surface area (Å²) >= 11 is 0. The van der Waals surface area contributed by atoms with Gasteiger partial charge >= 0.3 is 6.09 Å². The number of aromatic nitrogens is 1. The SMILES string of the molecule is Nc1ncc(C(O)C(O)CCNC(=O)OCc2ccccc2)cc1O. The number of amides is 1. The van der Waals surface area contributed by atoms with Gasteiger partial charge in [0.15, 0.2) is 11.6 Å². The molecule has 0 aliphatic rings. The zero-order valence-electron chi connectivity index (χ0n) is 13.5. The third-order valence-corrected chi connectivity index (χ3v) is 3.55. The fourth-order valence-corrected chi connectivity index (χ4v) is 2.12. The Morgan fingerprint density at radius 3 is 2.68 bits per heavy atom. The molecule has 1 amide bonds. The lowest BCUT2D eigenvalue weighted by atomic mass is 10.0. The van der Waals surface area contributed by atoms with Crippen molar-refractivity contribution >= 4 is 11.9 Å². The second kappa shape index (κ2) is 8.86. The summed E-state index contributed by atoms with van der Waals surface area (Å²) in [4.78, 5) is 15.3. The molecule has 0 saturated carbocycles. The van der Waals surface area contributed by atoms with Crippen molar-refractivity contribution in [1.29, 1.82) is 0 Å². The second-order valence-electron chi connectivity index (χ2n) is 5.46. The number of aromatic hydroxyl groups is 1. The Morgan fingerprint density at radius 1 is 1.28 bits per heavy atom. The Labute approximate surface area is 144 Å². The van der Waals surface area contributed by atoms with E-state index in [1.165, 1.54) is 12.3 Å². The van der Waals surface area contributed by atoms with Crippen molar-refractivity contribution < 1.29 is 24.9 Å². The molecule has 2 aromatic rings. The van der Waals surface area contributed by atoms with Crippen LogP contribution in [0.5, 0.6) is 5.75 Å². The molecule has 1 aromatic heterocycles. The molecule has 1 aromatic carbocycles. The molecule has 0 radical (unpaired) electrons. The predicted octanol–water partition coefficient (Wildman–Crippen LogP) is 1.08. The number of nitrogens with one attached hydrogen (secondary N) is 1. The van der Waals surface area contributed by atoms with E-state index in [9.17, 15) is 20.1 Å². The summed E-state index contributed by atoms with van der Waals surface area (Å²) in [5, 5.41) is 32.0. The van der Waals surface area contributed by atoms with Gasteiger partial charge in [0, 0.05) is 18.3 Å². The number of hydrogen-bond acceptors (Lipinski definition) is 7. The Hall–Kier alpha value is -2.84. The Balaban J connectivity index is 1.72. The highest BCUT2D eigenvalue weighted by atomic mass is 16.5.